The lowest BCUT2D eigenvalue weighted by molar-refractivity contribution is -0.135. The number of likely N-dealkylation sites (N-methyl/N-ethyl adjacent to an activating group) is 1. The van der Waals surface area contributed by atoms with Crippen molar-refractivity contribution in [1.29, 1.82) is 0 Å². The number of carbonyl (C=O) groups is 4. The summed E-state index contributed by atoms with van der Waals surface area (Å²) in [5.41, 5.74) is 0.00838. The number of esters is 3. The molecule has 0 aliphatic heterocycles. The zero-order chi connectivity index (χ0) is 18.3. The van der Waals surface area contributed by atoms with Crippen LogP contribution in [0.25, 0.3) is 0 Å². The normalized spacial score (nSPS) is 9.67. The van der Waals surface area contributed by atoms with E-state index in [2.05, 4.69) is 14.2 Å². The summed E-state index contributed by atoms with van der Waals surface area (Å²) in [5, 5.41) is 0. The summed E-state index contributed by atoms with van der Waals surface area (Å²) in [4.78, 5) is 47.3. The van der Waals surface area contributed by atoms with Crippen LogP contribution in [0.1, 0.15) is 20.7 Å². The average Bonchev–Trinajstić information content (AvgIpc) is 2.58. The Labute approximate surface area is 138 Å². The van der Waals surface area contributed by atoms with Gasteiger partial charge in [0, 0.05) is 7.05 Å². The Balaban J connectivity index is 3.01. The second-order valence-electron chi connectivity index (χ2n) is 4.53. The molecule has 1 amide bonds. The molecular weight excluding hydrogens is 322 g/mol. The van der Waals surface area contributed by atoms with Crippen LogP contribution in [0.5, 0.6) is 5.75 Å². The lowest BCUT2D eigenvalue weighted by atomic mass is 10.1. The summed E-state index contributed by atoms with van der Waals surface area (Å²) >= 11 is 0. The van der Waals surface area contributed by atoms with E-state index < -0.39 is 24.0 Å². The molecule has 24 heavy (non-hydrogen) atoms. The fourth-order valence-corrected chi connectivity index (χ4v) is 1.71. The number of carbonyl (C=O) groups excluding carboxylic acids is 4. The molecule has 0 unspecified atom stereocenters. The Bertz CT molecular complexity index is 621. The largest absolute Gasteiger partial charge is 0.465 e. The Hall–Kier alpha value is -3.10. The highest BCUT2D eigenvalue weighted by molar-refractivity contribution is 5.96. The summed E-state index contributed by atoms with van der Waals surface area (Å²) < 4.78 is 18.6. The van der Waals surface area contributed by atoms with Gasteiger partial charge in [-0.25, -0.2) is 19.2 Å². The second-order valence-corrected chi connectivity index (χ2v) is 4.53. The molecule has 0 aromatic heterocycles. The predicted molar refractivity (Wildman–Crippen MR) is 79.8 cm³/mol. The number of ether oxygens (including phenoxy) is 4. The summed E-state index contributed by atoms with van der Waals surface area (Å²) in [6, 6.07) is 3.71. The van der Waals surface area contributed by atoms with E-state index in [1.54, 1.807) is 0 Å². The maximum atomic E-state index is 11.8. The Morgan fingerprint density at radius 1 is 0.875 bits per heavy atom. The molecular formula is C15H17NO8. The minimum atomic E-state index is -0.791. The van der Waals surface area contributed by atoms with Crippen LogP contribution in [0.15, 0.2) is 18.2 Å². The van der Waals surface area contributed by atoms with Crippen LogP contribution >= 0.6 is 0 Å². The third-order valence-electron chi connectivity index (χ3n) is 2.83. The molecule has 0 aliphatic carbocycles. The van der Waals surface area contributed by atoms with Gasteiger partial charge in [0.15, 0.2) is 0 Å². The zero-order valence-electron chi connectivity index (χ0n) is 13.7. The highest BCUT2D eigenvalue weighted by atomic mass is 16.6. The standard InChI is InChI=1S/C15H17NO8/c1-16(15(20)23-4)8-12(17)24-11-6-9(13(18)21-2)5-10(7-11)14(19)22-3/h5-7H,8H2,1-4H3. The number of rotatable bonds is 5. The molecule has 0 saturated carbocycles. The smallest absolute Gasteiger partial charge is 0.409 e. The average molecular weight is 339 g/mol. The van der Waals surface area contributed by atoms with Crippen LogP contribution in [0.3, 0.4) is 0 Å². The first-order valence-electron chi connectivity index (χ1n) is 6.63. The van der Waals surface area contributed by atoms with Crippen LogP contribution in [-0.4, -0.2) is 63.8 Å². The minimum absolute atomic E-state index is 0.00419. The van der Waals surface area contributed by atoms with Gasteiger partial charge in [0.2, 0.25) is 0 Å². The Morgan fingerprint density at radius 3 is 1.79 bits per heavy atom. The highest BCUT2D eigenvalue weighted by Crippen LogP contribution is 2.19. The zero-order valence-corrected chi connectivity index (χ0v) is 13.7. The van der Waals surface area contributed by atoms with Gasteiger partial charge in [-0.15, -0.1) is 0 Å². The summed E-state index contributed by atoms with van der Waals surface area (Å²) in [7, 11) is 4.86. The van der Waals surface area contributed by atoms with E-state index in [9.17, 15) is 19.2 Å². The minimum Gasteiger partial charge on any atom is -0.465 e. The quantitative estimate of drug-likeness (QED) is 0.441. The van der Waals surface area contributed by atoms with E-state index in [1.165, 1.54) is 46.6 Å². The molecule has 9 nitrogen and oxygen atoms in total. The molecule has 0 aliphatic rings. The van der Waals surface area contributed by atoms with Crippen LogP contribution in [0.4, 0.5) is 4.79 Å². The summed E-state index contributed by atoms with van der Waals surface area (Å²) in [6.07, 6.45) is -0.717. The van der Waals surface area contributed by atoms with E-state index in [0.717, 1.165) is 4.90 Å². The van der Waals surface area contributed by atoms with Gasteiger partial charge in [-0.1, -0.05) is 0 Å². The van der Waals surface area contributed by atoms with Crippen molar-refractivity contribution in [1.82, 2.24) is 4.90 Å². The monoisotopic (exact) mass is 339 g/mol. The fourth-order valence-electron chi connectivity index (χ4n) is 1.71. The first kappa shape index (κ1) is 18.9. The van der Waals surface area contributed by atoms with Gasteiger partial charge in [-0.2, -0.15) is 0 Å². The van der Waals surface area contributed by atoms with E-state index >= 15 is 0 Å². The SMILES string of the molecule is COC(=O)c1cc(OC(=O)CN(C)C(=O)OC)cc(C(=O)OC)c1. The second kappa shape index (κ2) is 8.51. The molecule has 130 valence electrons. The molecule has 0 radical (unpaired) electrons. The van der Waals surface area contributed by atoms with Crippen molar-refractivity contribution >= 4 is 24.0 Å². The van der Waals surface area contributed by atoms with E-state index in [4.69, 9.17) is 4.74 Å². The maximum absolute atomic E-state index is 11.8. The van der Waals surface area contributed by atoms with Crippen molar-refractivity contribution in [3.63, 3.8) is 0 Å². The van der Waals surface area contributed by atoms with Crippen LogP contribution in [0, 0.1) is 0 Å². The third-order valence-corrected chi connectivity index (χ3v) is 2.83. The molecule has 0 N–H and O–H groups in total. The number of benzene rings is 1. The molecule has 0 spiro atoms. The molecule has 1 rings (SSSR count). The number of hydrogen-bond acceptors (Lipinski definition) is 8. The van der Waals surface area contributed by atoms with Crippen LogP contribution in [0.2, 0.25) is 0 Å². The van der Waals surface area contributed by atoms with Gasteiger partial charge >= 0.3 is 24.0 Å². The van der Waals surface area contributed by atoms with Crippen molar-refractivity contribution in [2.45, 2.75) is 0 Å². The Kier molecular flexibility index (Phi) is 6.72. The van der Waals surface area contributed by atoms with Gasteiger partial charge in [0.05, 0.1) is 32.5 Å². The number of nitrogens with zero attached hydrogens (tertiary/aromatic N) is 1. The summed E-state index contributed by atoms with van der Waals surface area (Å²) in [5.74, 6) is -2.29. The molecule has 0 saturated heterocycles. The number of amides is 1. The van der Waals surface area contributed by atoms with Gasteiger partial charge < -0.3 is 23.8 Å². The van der Waals surface area contributed by atoms with Crippen molar-refractivity contribution in [3.05, 3.63) is 29.3 Å². The first-order chi connectivity index (χ1) is 11.3. The molecule has 1 aromatic carbocycles. The number of hydrogen-bond donors (Lipinski definition) is 0. The number of methoxy groups -OCH3 is 3. The van der Waals surface area contributed by atoms with Crippen LogP contribution in [-0.2, 0) is 19.0 Å². The molecule has 0 atom stereocenters. The van der Waals surface area contributed by atoms with Crippen LogP contribution < -0.4 is 4.74 Å². The lowest BCUT2D eigenvalue weighted by Crippen LogP contribution is -2.34. The van der Waals surface area contributed by atoms with E-state index in [0.29, 0.717) is 0 Å². The van der Waals surface area contributed by atoms with E-state index in [1.807, 2.05) is 0 Å². The van der Waals surface area contributed by atoms with Crippen molar-refractivity contribution in [2.75, 3.05) is 34.9 Å². The van der Waals surface area contributed by atoms with E-state index in [-0.39, 0.29) is 23.4 Å². The summed E-state index contributed by atoms with van der Waals surface area (Å²) in [6.45, 7) is -0.386. The first-order valence-corrected chi connectivity index (χ1v) is 6.63. The fraction of sp³-hybridized carbons (Fsp3) is 0.333. The van der Waals surface area contributed by atoms with Gasteiger partial charge in [0.25, 0.3) is 0 Å². The topological polar surface area (TPSA) is 108 Å². The predicted octanol–water partition coefficient (Wildman–Crippen LogP) is 0.863. The van der Waals surface area contributed by atoms with Crippen molar-refractivity contribution in [2.24, 2.45) is 0 Å². The van der Waals surface area contributed by atoms with Crippen molar-refractivity contribution in [3.8, 4) is 5.75 Å². The molecule has 0 bridgehead atoms. The molecule has 0 fully saturated rings. The Morgan fingerprint density at radius 2 is 1.38 bits per heavy atom. The van der Waals surface area contributed by atoms with Gasteiger partial charge in [-0.05, 0) is 18.2 Å². The lowest BCUT2D eigenvalue weighted by Gasteiger charge is -2.14. The van der Waals surface area contributed by atoms with Gasteiger partial charge in [0.1, 0.15) is 12.3 Å². The maximum Gasteiger partial charge on any atom is 0.409 e. The third kappa shape index (κ3) is 4.97. The molecule has 0 heterocycles. The molecule has 1 aromatic rings. The van der Waals surface area contributed by atoms with Gasteiger partial charge in [-0.3, -0.25) is 0 Å². The van der Waals surface area contributed by atoms with Crippen molar-refractivity contribution < 1.29 is 38.1 Å². The molecule has 9 heteroatoms. The highest BCUT2D eigenvalue weighted by Gasteiger charge is 2.18.